The molecule has 4 rings (SSSR count). The average molecular weight is 378 g/mol. The molecule has 1 aromatic heterocycles. The first-order chi connectivity index (χ1) is 13.5. The summed E-state index contributed by atoms with van der Waals surface area (Å²) in [5.41, 5.74) is 3.94. The Morgan fingerprint density at radius 2 is 2.00 bits per heavy atom. The van der Waals surface area contributed by atoms with Gasteiger partial charge in [-0.3, -0.25) is 9.59 Å². The molecule has 144 valence electrons. The van der Waals surface area contributed by atoms with Crippen LogP contribution in [0.15, 0.2) is 40.8 Å². The van der Waals surface area contributed by atoms with E-state index in [0.29, 0.717) is 35.0 Å². The lowest BCUT2D eigenvalue weighted by Gasteiger charge is -2.28. The maximum Gasteiger partial charge on any atom is 0.291 e. The molecule has 0 fully saturated rings. The molecule has 0 aliphatic carbocycles. The topological polar surface area (TPSA) is 71.8 Å². The van der Waals surface area contributed by atoms with E-state index in [2.05, 4.69) is 18.3 Å². The van der Waals surface area contributed by atoms with E-state index in [9.17, 15) is 9.59 Å². The summed E-state index contributed by atoms with van der Waals surface area (Å²) in [7, 11) is 0. The number of amides is 2. The number of anilines is 2. The molecule has 2 aromatic carbocycles. The minimum Gasteiger partial charge on any atom is -0.482 e. The van der Waals surface area contributed by atoms with Crippen molar-refractivity contribution in [3.05, 3.63) is 53.3 Å². The van der Waals surface area contributed by atoms with E-state index in [1.807, 2.05) is 26.0 Å². The fourth-order valence-electron chi connectivity index (χ4n) is 3.52. The van der Waals surface area contributed by atoms with Crippen LogP contribution in [0, 0.1) is 6.92 Å². The number of ether oxygens (including phenoxy) is 1. The Morgan fingerprint density at radius 1 is 1.18 bits per heavy atom. The number of nitrogens with one attached hydrogen (secondary N) is 1. The summed E-state index contributed by atoms with van der Waals surface area (Å²) in [6.45, 7) is 6.45. The van der Waals surface area contributed by atoms with Crippen molar-refractivity contribution in [1.82, 2.24) is 0 Å². The highest BCUT2D eigenvalue weighted by Crippen LogP contribution is 2.35. The Labute approximate surface area is 163 Å². The zero-order valence-corrected chi connectivity index (χ0v) is 16.2. The quantitative estimate of drug-likeness (QED) is 0.735. The van der Waals surface area contributed by atoms with Gasteiger partial charge in [0.15, 0.2) is 12.4 Å². The van der Waals surface area contributed by atoms with Crippen molar-refractivity contribution in [2.24, 2.45) is 0 Å². The van der Waals surface area contributed by atoms with E-state index >= 15 is 0 Å². The molecule has 0 saturated carbocycles. The first kappa shape index (κ1) is 18.1. The molecule has 2 heterocycles. The molecule has 1 aliphatic heterocycles. The number of benzene rings is 2. The zero-order valence-electron chi connectivity index (χ0n) is 16.2. The SMILES string of the molecule is CCc1ccc2oc(C(=O)Nc3ccc4c(c3)N(CC)C(=O)CO4)c(C)c2c1. The summed E-state index contributed by atoms with van der Waals surface area (Å²) >= 11 is 0. The maximum absolute atomic E-state index is 12.8. The molecule has 6 heteroatoms. The van der Waals surface area contributed by atoms with Crippen LogP contribution in [0.3, 0.4) is 0 Å². The van der Waals surface area contributed by atoms with Gasteiger partial charge >= 0.3 is 0 Å². The van der Waals surface area contributed by atoms with Gasteiger partial charge < -0.3 is 19.4 Å². The summed E-state index contributed by atoms with van der Waals surface area (Å²) in [5, 5.41) is 3.82. The van der Waals surface area contributed by atoms with Crippen molar-refractivity contribution < 1.29 is 18.7 Å². The number of hydrogen-bond donors (Lipinski definition) is 1. The van der Waals surface area contributed by atoms with Crippen LogP contribution in [0.1, 0.15) is 35.5 Å². The maximum atomic E-state index is 12.8. The first-order valence-electron chi connectivity index (χ1n) is 9.42. The highest BCUT2D eigenvalue weighted by Gasteiger charge is 2.25. The van der Waals surface area contributed by atoms with Crippen LogP contribution in [-0.4, -0.2) is 25.0 Å². The lowest BCUT2D eigenvalue weighted by Crippen LogP contribution is -2.38. The molecular formula is C22H22N2O4. The number of furan rings is 1. The monoisotopic (exact) mass is 378 g/mol. The Hall–Kier alpha value is -3.28. The van der Waals surface area contributed by atoms with Crippen molar-refractivity contribution in [3.63, 3.8) is 0 Å². The molecule has 6 nitrogen and oxygen atoms in total. The smallest absolute Gasteiger partial charge is 0.291 e. The van der Waals surface area contributed by atoms with Crippen molar-refractivity contribution in [1.29, 1.82) is 0 Å². The Kier molecular flexibility index (Phi) is 4.55. The molecule has 0 spiro atoms. The molecule has 3 aromatic rings. The van der Waals surface area contributed by atoms with Crippen LogP contribution < -0.4 is 15.0 Å². The molecule has 0 bridgehead atoms. The number of aryl methyl sites for hydroxylation is 2. The van der Waals surface area contributed by atoms with Crippen LogP contribution in [0.25, 0.3) is 11.0 Å². The third kappa shape index (κ3) is 3.01. The fourth-order valence-corrected chi connectivity index (χ4v) is 3.52. The summed E-state index contributed by atoms with van der Waals surface area (Å²) in [6, 6.07) is 11.2. The molecule has 0 unspecified atom stereocenters. The van der Waals surface area contributed by atoms with Gasteiger partial charge in [-0.2, -0.15) is 0 Å². The zero-order chi connectivity index (χ0) is 19.8. The largest absolute Gasteiger partial charge is 0.482 e. The third-order valence-corrected chi connectivity index (χ3v) is 5.09. The minimum atomic E-state index is -0.321. The average Bonchev–Trinajstić information content (AvgIpc) is 3.04. The fraction of sp³-hybridized carbons (Fsp3) is 0.273. The summed E-state index contributed by atoms with van der Waals surface area (Å²) in [5.74, 6) is 0.503. The van der Waals surface area contributed by atoms with E-state index in [1.54, 1.807) is 23.1 Å². The van der Waals surface area contributed by atoms with Crippen LogP contribution in [-0.2, 0) is 11.2 Å². The second-order valence-electron chi connectivity index (χ2n) is 6.80. The second-order valence-corrected chi connectivity index (χ2v) is 6.80. The van der Waals surface area contributed by atoms with Crippen LogP contribution in [0.2, 0.25) is 0 Å². The van der Waals surface area contributed by atoms with Crippen LogP contribution >= 0.6 is 0 Å². The first-order valence-corrected chi connectivity index (χ1v) is 9.42. The van der Waals surface area contributed by atoms with Crippen molar-refractivity contribution in [3.8, 4) is 5.75 Å². The molecule has 0 saturated heterocycles. The predicted octanol–water partition coefficient (Wildman–Crippen LogP) is 4.30. The van der Waals surface area contributed by atoms with Gasteiger partial charge in [0, 0.05) is 23.2 Å². The number of likely N-dealkylation sites (N-methyl/N-ethyl adjacent to an activating group) is 1. The van der Waals surface area contributed by atoms with E-state index in [4.69, 9.17) is 9.15 Å². The molecule has 0 radical (unpaired) electrons. The van der Waals surface area contributed by atoms with E-state index in [-0.39, 0.29) is 18.4 Å². The number of carbonyl (C=O) groups excluding carboxylic acids is 2. The predicted molar refractivity (Wildman–Crippen MR) is 108 cm³/mol. The highest BCUT2D eigenvalue weighted by atomic mass is 16.5. The third-order valence-electron chi connectivity index (χ3n) is 5.09. The molecule has 2 amide bonds. The van der Waals surface area contributed by atoms with E-state index in [0.717, 1.165) is 17.4 Å². The molecule has 1 N–H and O–H groups in total. The molecule has 1 aliphatic rings. The van der Waals surface area contributed by atoms with Gasteiger partial charge in [0.05, 0.1) is 5.69 Å². The van der Waals surface area contributed by atoms with Crippen molar-refractivity contribution in [2.45, 2.75) is 27.2 Å². The van der Waals surface area contributed by atoms with Gasteiger partial charge in [-0.25, -0.2) is 0 Å². The highest BCUT2D eigenvalue weighted by molar-refractivity contribution is 6.07. The summed E-state index contributed by atoms with van der Waals surface area (Å²) in [6.07, 6.45) is 0.923. The van der Waals surface area contributed by atoms with Gasteiger partial charge in [-0.05, 0) is 56.2 Å². The lowest BCUT2D eigenvalue weighted by atomic mass is 10.1. The number of nitrogens with zero attached hydrogens (tertiary/aromatic N) is 1. The summed E-state index contributed by atoms with van der Waals surface area (Å²) < 4.78 is 11.3. The molecule has 28 heavy (non-hydrogen) atoms. The number of hydrogen-bond acceptors (Lipinski definition) is 4. The Balaban J connectivity index is 1.64. The number of carbonyl (C=O) groups is 2. The van der Waals surface area contributed by atoms with Gasteiger partial charge in [0.1, 0.15) is 11.3 Å². The van der Waals surface area contributed by atoms with Crippen LogP contribution in [0.4, 0.5) is 11.4 Å². The Morgan fingerprint density at radius 3 is 2.75 bits per heavy atom. The number of fused-ring (bicyclic) bond motifs is 2. The standard InChI is InChI=1S/C22H22N2O4/c1-4-14-6-8-18-16(10-14)13(3)21(28-18)22(26)23-15-7-9-19-17(11-15)24(5-2)20(25)12-27-19/h6-11H,4-5,12H2,1-3H3,(H,23,26). The second kappa shape index (κ2) is 7.03. The number of rotatable bonds is 4. The normalized spacial score (nSPS) is 13.4. The van der Waals surface area contributed by atoms with Gasteiger partial charge in [0.2, 0.25) is 0 Å². The van der Waals surface area contributed by atoms with Crippen LogP contribution in [0.5, 0.6) is 5.75 Å². The van der Waals surface area contributed by atoms with E-state index < -0.39 is 0 Å². The minimum absolute atomic E-state index is 0.0322. The molecular weight excluding hydrogens is 356 g/mol. The van der Waals surface area contributed by atoms with Gasteiger partial charge in [-0.15, -0.1) is 0 Å². The van der Waals surface area contributed by atoms with E-state index in [1.165, 1.54) is 5.56 Å². The van der Waals surface area contributed by atoms with Crippen molar-refractivity contribution in [2.75, 3.05) is 23.4 Å². The van der Waals surface area contributed by atoms with Crippen molar-refractivity contribution >= 4 is 34.2 Å². The molecule has 0 atom stereocenters. The van der Waals surface area contributed by atoms with Gasteiger partial charge in [-0.1, -0.05) is 13.0 Å². The lowest BCUT2D eigenvalue weighted by molar-refractivity contribution is -0.121. The summed E-state index contributed by atoms with van der Waals surface area (Å²) in [4.78, 5) is 26.5. The van der Waals surface area contributed by atoms with Gasteiger partial charge in [0.25, 0.3) is 11.8 Å². The Bertz CT molecular complexity index is 1080.